The van der Waals surface area contributed by atoms with E-state index in [1.807, 2.05) is 43.3 Å². The molecule has 2 atom stereocenters. The maximum atomic E-state index is 5.97. The summed E-state index contributed by atoms with van der Waals surface area (Å²) in [5, 5.41) is 6.78. The highest BCUT2D eigenvalue weighted by atomic mass is 127. The first kappa shape index (κ1) is 24.3. The molecule has 0 saturated carbocycles. The number of nitrogens with zero attached hydrogens (tertiary/aromatic N) is 2. The Morgan fingerprint density at radius 3 is 2.53 bits per heavy atom. The van der Waals surface area contributed by atoms with Gasteiger partial charge in [-0.05, 0) is 57.1 Å². The van der Waals surface area contributed by atoms with E-state index >= 15 is 0 Å². The fourth-order valence-electron chi connectivity index (χ4n) is 3.55. The van der Waals surface area contributed by atoms with Crippen molar-refractivity contribution in [2.45, 2.75) is 31.9 Å². The third-order valence-corrected chi connectivity index (χ3v) is 5.07. The highest BCUT2D eigenvalue weighted by Gasteiger charge is 2.25. The monoisotopic (exact) mass is 528 g/mol. The standard InChI is InChI=1S/C22H32N4O3.HI/c1-17(29-19-9-6-8-18(14-19)27-3)15-24-22(23-2)25-16-20(21-10-7-13-28-21)26-11-4-5-12-26;/h6-10,13-14,17,20H,4-5,11-12,15-16H2,1-3H3,(H2,23,24,25);1H. The Hall–Kier alpha value is -1.94. The number of benzene rings is 1. The number of halogens is 1. The normalized spacial score (nSPS) is 16.4. The van der Waals surface area contributed by atoms with Crippen LogP contribution in [-0.4, -0.2) is 57.3 Å². The molecule has 0 spiro atoms. The van der Waals surface area contributed by atoms with Gasteiger partial charge in [-0.25, -0.2) is 0 Å². The van der Waals surface area contributed by atoms with Crippen molar-refractivity contribution in [2.75, 3.05) is 40.3 Å². The molecular formula is C22H33IN4O3. The minimum absolute atomic E-state index is 0. The molecule has 0 amide bonds. The summed E-state index contributed by atoms with van der Waals surface area (Å²) in [4.78, 5) is 6.81. The van der Waals surface area contributed by atoms with Crippen LogP contribution in [0, 0.1) is 0 Å². The number of likely N-dealkylation sites (tertiary alicyclic amines) is 1. The third kappa shape index (κ3) is 7.09. The van der Waals surface area contributed by atoms with Crippen molar-refractivity contribution < 1.29 is 13.9 Å². The summed E-state index contributed by atoms with van der Waals surface area (Å²) in [7, 11) is 3.43. The number of hydrogen-bond donors (Lipinski definition) is 2. The van der Waals surface area contributed by atoms with Crippen molar-refractivity contribution in [1.29, 1.82) is 0 Å². The molecule has 2 aromatic rings. The van der Waals surface area contributed by atoms with Crippen LogP contribution in [0.25, 0.3) is 0 Å². The number of furan rings is 1. The maximum Gasteiger partial charge on any atom is 0.191 e. The van der Waals surface area contributed by atoms with E-state index in [9.17, 15) is 0 Å². The first-order valence-electron chi connectivity index (χ1n) is 10.2. The van der Waals surface area contributed by atoms with Crippen LogP contribution in [-0.2, 0) is 0 Å². The second-order valence-electron chi connectivity index (χ2n) is 7.22. The average Bonchev–Trinajstić information content (AvgIpc) is 3.45. The summed E-state index contributed by atoms with van der Waals surface area (Å²) in [6.45, 7) is 5.59. The molecular weight excluding hydrogens is 495 g/mol. The van der Waals surface area contributed by atoms with Crippen molar-refractivity contribution in [3.63, 3.8) is 0 Å². The quantitative estimate of drug-likeness (QED) is 0.294. The van der Waals surface area contributed by atoms with Crippen LogP contribution in [0.4, 0.5) is 0 Å². The number of hydrogen-bond acceptors (Lipinski definition) is 5. The maximum absolute atomic E-state index is 5.97. The van der Waals surface area contributed by atoms with Crippen molar-refractivity contribution in [1.82, 2.24) is 15.5 Å². The van der Waals surface area contributed by atoms with E-state index in [1.165, 1.54) is 12.8 Å². The van der Waals surface area contributed by atoms with Gasteiger partial charge < -0.3 is 24.5 Å². The lowest BCUT2D eigenvalue weighted by molar-refractivity contribution is 0.213. The smallest absolute Gasteiger partial charge is 0.191 e. The molecule has 7 nitrogen and oxygen atoms in total. The lowest BCUT2D eigenvalue weighted by Gasteiger charge is -2.27. The molecule has 1 aromatic carbocycles. The predicted molar refractivity (Wildman–Crippen MR) is 130 cm³/mol. The zero-order chi connectivity index (χ0) is 20.5. The number of aliphatic imine (C=N–C) groups is 1. The molecule has 0 radical (unpaired) electrons. The summed E-state index contributed by atoms with van der Waals surface area (Å²) in [5.74, 6) is 3.31. The van der Waals surface area contributed by atoms with E-state index in [2.05, 4.69) is 20.5 Å². The van der Waals surface area contributed by atoms with Crippen LogP contribution in [0.2, 0.25) is 0 Å². The van der Waals surface area contributed by atoms with Crippen molar-refractivity contribution in [3.8, 4) is 11.5 Å². The molecule has 0 aliphatic carbocycles. The van der Waals surface area contributed by atoms with Crippen LogP contribution < -0.4 is 20.1 Å². The Kier molecular flexibility index (Phi) is 10.3. The summed E-state index contributed by atoms with van der Waals surface area (Å²) >= 11 is 0. The van der Waals surface area contributed by atoms with Gasteiger partial charge in [-0.1, -0.05) is 6.07 Å². The van der Waals surface area contributed by atoms with Crippen molar-refractivity contribution >= 4 is 29.9 Å². The average molecular weight is 528 g/mol. The molecule has 8 heteroatoms. The van der Waals surface area contributed by atoms with Gasteiger partial charge >= 0.3 is 0 Å². The Bertz CT molecular complexity index is 764. The fraction of sp³-hybridized carbons (Fsp3) is 0.500. The third-order valence-electron chi connectivity index (χ3n) is 5.07. The number of guanidine groups is 1. The molecule has 2 N–H and O–H groups in total. The molecule has 1 aliphatic rings. The molecule has 2 heterocycles. The highest BCUT2D eigenvalue weighted by Crippen LogP contribution is 2.25. The van der Waals surface area contributed by atoms with Gasteiger partial charge in [-0.15, -0.1) is 24.0 Å². The van der Waals surface area contributed by atoms with Gasteiger partial charge in [0.25, 0.3) is 0 Å². The SMILES string of the molecule is CN=C(NCC(C)Oc1cccc(OC)c1)NCC(c1ccco1)N1CCCC1.I. The van der Waals surface area contributed by atoms with Gasteiger partial charge in [0.1, 0.15) is 23.4 Å². The minimum atomic E-state index is -0.0277. The van der Waals surface area contributed by atoms with Crippen LogP contribution in [0.15, 0.2) is 52.1 Å². The first-order valence-corrected chi connectivity index (χ1v) is 10.2. The van der Waals surface area contributed by atoms with Gasteiger partial charge in [-0.2, -0.15) is 0 Å². The molecule has 166 valence electrons. The summed E-state index contributed by atoms with van der Waals surface area (Å²) in [5.41, 5.74) is 0. The summed E-state index contributed by atoms with van der Waals surface area (Å²) in [6.07, 6.45) is 4.19. The van der Waals surface area contributed by atoms with Crippen LogP contribution in [0.1, 0.15) is 31.6 Å². The zero-order valence-electron chi connectivity index (χ0n) is 18.0. The van der Waals surface area contributed by atoms with Crippen molar-refractivity contribution in [2.24, 2.45) is 4.99 Å². The number of ether oxygens (including phenoxy) is 2. The van der Waals surface area contributed by atoms with E-state index < -0.39 is 0 Å². The molecule has 1 aromatic heterocycles. The van der Waals surface area contributed by atoms with Gasteiger partial charge in [0.05, 0.1) is 26.0 Å². The van der Waals surface area contributed by atoms with E-state index in [0.29, 0.717) is 6.54 Å². The lowest BCUT2D eigenvalue weighted by atomic mass is 10.2. The van der Waals surface area contributed by atoms with E-state index in [1.54, 1.807) is 20.4 Å². The Labute approximate surface area is 196 Å². The van der Waals surface area contributed by atoms with Gasteiger partial charge in [0.15, 0.2) is 5.96 Å². The topological polar surface area (TPSA) is 71.3 Å². The number of methoxy groups -OCH3 is 1. The van der Waals surface area contributed by atoms with Crippen LogP contribution in [0.3, 0.4) is 0 Å². The molecule has 2 unspecified atom stereocenters. The first-order chi connectivity index (χ1) is 14.2. The second kappa shape index (κ2) is 12.7. The zero-order valence-corrected chi connectivity index (χ0v) is 20.3. The van der Waals surface area contributed by atoms with E-state index in [0.717, 1.165) is 42.9 Å². The Morgan fingerprint density at radius 2 is 1.87 bits per heavy atom. The fourth-order valence-corrected chi connectivity index (χ4v) is 3.55. The largest absolute Gasteiger partial charge is 0.497 e. The Morgan fingerprint density at radius 1 is 1.13 bits per heavy atom. The molecule has 3 rings (SSSR count). The molecule has 1 saturated heterocycles. The van der Waals surface area contributed by atoms with Crippen LogP contribution in [0.5, 0.6) is 11.5 Å². The highest BCUT2D eigenvalue weighted by molar-refractivity contribution is 14.0. The van der Waals surface area contributed by atoms with E-state index in [4.69, 9.17) is 13.9 Å². The minimum Gasteiger partial charge on any atom is -0.497 e. The Balaban J connectivity index is 0.00000320. The van der Waals surface area contributed by atoms with Crippen LogP contribution >= 0.6 is 24.0 Å². The molecule has 30 heavy (non-hydrogen) atoms. The number of rotatable bonds is 9. The van der Waals surface area contributed by atoms with Crippen molar-refractivity contribution in [3.05, 3.63) is 48.4 Å². The lowest BCUT2D eigenvalue weighted by Crippen LogP contribution is -2.45. The van der Waals surface area contributed by atoms with Gasteiger partial charge in [-0.3, -0.25) is 9.89 Å². The molecule has 1 aliphatic heterocycles. The summed E-state index contributed by atoms with van der Waals surface area (Å²) < 4.78 is 16.9. The molecule has 1 fully saturated rings. The van der Waals surface area contributed by atoms with Gasteiger partial charge in [0.2, 0.25) is 0 Å². The van der Waals surface area contributed by atoms with E-state index in [-0.39, 0.29) is 36.1 Å². The predicted octanol–water partition coefficient (Wildman–Crippen LogP) is 3.68. The van der Waals surface area contributed by atoms with Gasteiger partial charge in [0, 0.05) is 19.7 Å². The summed E-state index contributed by atoms with van der Waals surface area (Å²) in [6, 6.07) is 11.8. The molecule has 0 bridgehead atoms. The second-order valence-corrected chi connectivity index (χ2v) is 7.22. The number of nitrogens with one attached hydrogen (secondary N) is 2.